The highest BCUT2D eigenvalue weighted by atomic mass is 32.2. The molecular weight excluding hydrogens is 494 g/mol. The second-order valence-corrected chi connectivity index (χ2v) is 10.1. The van der Waals surface area contributed by atoms with Crippen LogP contribution < -0.4 is 15.4 Å². The Labute approximate surface area is 232 Å². The number of aliphatic hydroxyl groups is 2. The third kappa shape index (κ3) is 10.1. The molecule has 0 radical (unpaired) electrons. The van der Waals surface area contributed by atoms with Crippen LogP contribution in [0.2, 0.25) is 0 Å². The summed E-state index contributed by atoms with van der Waals surface area (Å²) in [5.41, 5.74) is 4.41. The summed E-state index contributed by atoms with van der Waals surface area (Å²) < 4.78 is 3.15. The molecule has 0 heterocycles. The first-order chi connectivity index (χ1) is 18.4. The molecule has 0 aromatic heterocycles. The van der Waals surface area contributed by atoms with Gasteiger partial charge in [0.1, 0.15) is 0 Å². The van der Waals surface area contributed by atoms with E-state index in [9.17, 15) is 15.0 Å². The predicted molar refractivity (Wildman–Crippen MR) is 159 cm³/mol. The molecule has 3 aromatic carbocycles. The lowest BCUT2D eigenvalue weighted by Crippen LogP contribution is -2.38. The highest BCUT2D eigenvalue weighted by molar-refractivity contribution is 7.97. The maximum absolute atomic E-state index is 12.6. The van der Waals surface area contributed by atoms with Gasteiger partial charge in [0.25, 0.3) is 0 Å². The number of benzene rings is 3. The Balaban J connectivity index is 0.000000481. The first-order valence-electron chi connectivity index (χ1n) is 13.3. The van der Waals surface area contributed by atoms with Crippen molar-refractivity contribution in [3.8, 4) is 0 Å². The second-order valence-electron chi connectivity index (χ2n) is 9.13. The number of aliphatic hydroxyl groups excluding tert-OH is 2. The smallest absolute Gasteiger partial charge is 0.223 e. The van der Waals surface area contributed by atoms with E-state index in [2.05, 4.69) is 34.4 Å². The van der Waals surface area contributed by atoms with E-state index in [0.717, 1.165) is 21.7 Å². The number of carbonyl (C=O) groups is 1. The van der Waals surface area contributed by atoms with Gasteiger partial charge in [-0.3, -0.25) is 9.52 Å². The highest BCUT2D eigenvalue weighted by Gasteiger charge is 2.33. The molecule has 0 spiro atoms. The van der Waals surface area contributed by atoms with Crippen LogP contribution in [0.4, 0.5) is 5.69 Å². The third-order valence-corrected chi connectivity index (χ3v) is 6.99. The van der Waals surface area contributed by atoms with Gasteiger partial charge in [-0.25, -0.2) is 0 Å². The third-order valence-electron chi connectivity index (χ3n) is 6.17. The zero-order valence-electron chi connectivity index (χ0n) is 23.1. The van der Waals surface area contributed by atoms with Crippen molar-refractivity contribution in [3.63, 3.8) is 0 Å². The first-order valence-corrected chi connectivity index (χ1v) is 14.1. The van der Waals surface area contributed by atoms with Gasteiger partial charge >= 0.3 is 0 Å². The van der Waals surface area contributed by atoms with Crippen molar-refractivity contribution in [1.29, 1.82) is 0 Å². The molecule has 1 aliphatic rings. The fraction of sp³-hybridized carbons (Fsp3) is 0.387. The minimum Gasteiger partial charge on any atom is -0.392 e. The zero-order chi connectivity index (χ0) is 27.9. The largest absolute Gasteiger partial charge is 0.392 e. The van der Waals surface area contributed by atoms with Crippen molar-refractivity contribution < 1.29 is 15.0 Å². The monoisotopic (exact) mass is 537 g/mol. The molecule has 4 rings (SSSR count). The number of rotatable bonds is 9. The summed E-state index contributed by atoms with van der Waals surface area (Å²) in [4.78, 5) is 13.6. The molecular formula is C31H43N3O3S. The van der Waals surface area contributed by atoms with Gasteiger partial charge < -0.3 is 20.8 Å². The second kappa shape index (κ2) is 16.9. The molecule has 38 heavy (non-hydrogen) atoms. The van der Waals surface area contributed by atoms with Crippen LogP contribution in [0.1, 0.15) is 49.9 Å². The lowest BCUT2D eigenvalue weighted by Gasteiger charge is -2.22. The van der Waals surface area contributed by atoms with Crippen molar-refractivity contribution in [3.05, 3.63) is 95.6 Å². The Bertz CT molecular complexity index is 1080. The molecule has 0 saturated heterocycles. The number of hydrogen-bond donors (Lipinski definition) is 5. The molecule has 0 fully saturated rings. The quantitative estimate of drug-likeness (QED) is 0.231. The fourth-order valence-corrected chi connectivity index (χ4v) is 4.80. The lowest BCUT2D eigenvalue weighted by atomic mass is 10.0. The molecule has 3 aromatic rings. The standard InChI is InChI=1S/C22H29N3O3S.C7H8.C2H6/c1-14(11-17(26)13-24-29-18-9-7-16(23-2)8-10-18)22(28)25-21-19-6-4-3-5-15(19)12-20(21)27;1-7-5-3-2-4-6-7;1-2/h3-10,14,17,20-21,23-24,26-27H,11-13H2,1-2H3,(H,25,28);2-6H,1H3;1-2H3. The van der Waals surface area contributed by atoms with E-state index in [0.29, 0.717) is 19.4 Å². The normalized spacial score (nSPS) is 17.0. The van der Waals surface area contributed by atoms with Crippen molar-refractivity contribution in [2.45, 2.75) is 63.7 Å². The Morgan fingerprint density at radius 2 is 1.63 bits per heavy atom. The average molecular weight is 538 g/mol. The lowest BCUT2D eigenvalue weighted by molar-refractivity contribution is -0.127. The summed E-state index contributed by atoms with van der Waals surface area (Å²) in [7, 11) is 1.88. The molecule has 4 unspecified atom stereocenters. The Hall–Kier alpha value is -2.84. The minimum atomic E-state index is -0.638. The van der Waals surface area contributed by atoms with Gasteiger partial charge in [-0.2, -0.15) is 0 Å². The van der Waals surface area contributed by atoms with Crippen LogP contribution in [0.15, 0.2) is 83.8 Å². The van der Waals surface area contributed by atoms with Crippen LogP contribution in [0.5, 0.6) is 0 Å². The number of carbonyl (C=O) groups excluding carboxylic acids is 1. The van der Waals surface area contributed by atoms with Crippen LogP contribution in [0, 0.1) is 12.8 Å². The van der Waals surface area contributed by atoms with E-state index in [1.807, 2.05) is 87.6 Å². The SMILES string of the molecule is CC.CNc1ccc(SNCC(O)CC(C)C(=O)NC2c3ccccc3CC2O)cc1.Cc1ccccc1. The number of fused-ring (bicyclic) bond motifs is 1. The van der Waals surface area contributed by atoms with Crippen LogP contribution in [0.3, 0.4) is 0 Å². The molecule has 7 heteroatoms. The molecule has 0 saturated carbocycles. The number of hydrogen-bond acceptors (Lipinski definition) is 6. The van der Waals surface area contributed by atoms with Gasteiger partial charge in [0, 0.05) is 36.5 Å². The van der Waals surface area contributed by atoms with Crippen LogP contribution in [-0.4, -0.2) is 41.9 Å². The summed E-state index contributed by atoms with van der Waals surface area (Å²) in [6.45, 7) is 8.26. The van der Waals surface area contributed by atoms with Crippen molar-refractivity contribution in [2.75, 3.05) is 18.9 Å². The van der Waals surface area contributed by atoms with Gasteiger partial charge in [0.2, 0.25) is 5.91 Å². The van der Waals surface area contributed by atoms with Crippen LogP contribution >= 0.6 is 11.9 Å². The molecule has 4 atom stereocenters. The van der Waals surface area contributed by atoms with E-state index < -0.39 is 12.2 Å². The molecule has 1 aliphatic carbocycles. The van der Waals surface area contributed by atoms with Gasteiger partial charge in [-0.15, -0.1) is 0 Å². The van der Waals surface area contributed by atoms with Crippen molar-refractivity contribution in [2.24, 2.45) is 5.92 Å². The van der Waals surface area contributed by atoms with E-state index in [4.69, 9.17) is 0 Å². The summed E-state index contributed by atoms with van der Waals surface area (Å²) in [5, 5.41) is 26.6. The summed E-state index contributed by atoms with van der Waals surface area (Å²) in [6, 6.07) is 25.6. The average Bonchev–Trinajstić information content (AvgIpc) is 3.25. The minimum absolute atomic E-state index is 0.153. The fourth-order valence-electron chi connectivity index (χ4n) is 4.09. The van der Waals surface area contributed by atoms with Crippen molar-refractivity contribution in [1.82, 2.24) is 10.0 Å². The van der Waals surface area contributed by atoms with Gasteiger partial charge in [0.15, 0.2) is 0 Å². The van der Waals surface area contributed by atoms with E-state index in [1.165, 1.54) is 17.5 Å². The zero-order valence-corrected chi connectivity index (χ0v) is 24.0. The molecule has 6 nitrogen and oxygen atoms in total. The van der Waals surface area contributed by atoms with Crippen LogP contribution in [-0.2, 0) is 11.2 Å². The number of amides is 1. The summed E-state index contributed by atoms with van der Waals surface area (Å²) in [5.74, 6) is -0.508. The molecule has 5 N–H and O–H groups in total. The first kappa shape index (κ1) is 31.4. The number of nitrogens with one attached hydrogen (secondary N) is 3. The predicted octanol–water partition coefficient (Wildman–Crippen LogP) is 5.51. The van der Waals surface area contributed by atoms with Gasteiger partial charge in [0.05, 0.1) is 18.2 Å². The summed E-state index contributed by atoms with van der Waals surface area (Å²) in [6.07, 6.45) is -0.349. The van der Waals surface area contributed by atoms with E-state index in [-0.39, 0.29) is 17.9 Å². The van der Waals surface area contributed by atoms with E-state index >= 15 is 0 Å². The Kier molecular flexibility index (Phi) is 13.9. The Morgan fingerprint density at radius 3 is 2.24 bits per heavy atom. The van der Waals surface area contributed by atoms with Gasteiger partial charge in [-0.1, -0.05) is 80.9 Å². The highest BCUT2D eigenvalue weighted by Crippen LogP contribution is 2.31. The van der Waals surface area contributed by atoms with Crippen molar-refractivity contribution >= 4 is 23.5 Å². The maximum atomic E-state index is 12.6. The van der Waals surface area contributed by atoms with E-state index in [1.54, 1.807) is 6.92 Å². The van der Waals surface area contributed by atoms with Crippen LogP contribution in [0.25, 0.3) is 0 Å². The molecule has 1 amide bonds. The van der Waals surface area contributed by atoms with Gasteiger partial charge in [-0.05, 0) is 60.7 Å². The number of aryl methyl sites for hydroxylation is 1. The molecule has 206 valence electrons. The Morgan fingerprint density at radius 1 is 1.00 bits per heavy atom. The topological polar surface area (TPSA) is 93.6 Å². The molecule has 0 bridgehead atoms. The summed E-state index contributed by atoms with van der Waals surface area (Å²) >= 11 is 1.45. The molecule has 0 aliphatic heterocycles. The number of anilines is 1. The maximum Gasteiger partial charge on any atom is 0.223 e.